The van der Waals surface area contributed by atoms with Crippen LogP contribution in [0.15, 0.2) is 30.3 Å². The number of hydrogen-bond donors (Lipinski definition) is 0. The minimum absolute atomic E-state index is 0.0665. The van der Waals surface area contributed by atoms with Gasteiger partial charge in [0.15, 0.2) is 0 Å². The molecule has 0 aliphatic carbocycles. The first kappa shape index (κ1) is 18.2. The summed E-state index contributed by atoms with van der Waals surface area (Å²) in [5.74, 6) is 0.0839. The number of nitrogens with zero attached hydrogens (tertiary/aromatic N) is 3. The van der Waals surface area contributed by atoms with Crippen LogP contribution >= 0.6 is 0 Å². The van der Waals surface area contributed by atoms with E-state index in [1.54, 1.807) is 12.1 Å². The first-order valence-corrected chi connectivity index (χ1v) is 10.1. The molecule has 1 atom stereocenters. The van der Waals surface area contributed by atoms with E-state index >= 15 is 0 Å². The zero-order chi connectivity index (χ0) is 18.8. The molecule has 0 aromatic heterocycles. The number of piperidine rings is 2. The third kappa shape index (κ3) is 3.63. The van der Waals surface area contributed by atoms with E-state index < -0.39 is 0 Å². The molecule has 0 radical (unpaired) electrons. The Hall–Kier alpha value is -2.21. The summed E-state index contributed by atoms with van der Waals surface area (Å²) in [6.07, 6.45) is 5.23. The summed E-state index contributed by atoms with van der Waals surface area (Å²) >= 11 is 0. The predicted octanol–water partition coefficient (Wildman–Crippen LogP) is 2.04. The van der Waals surface area contributed by atoms with Crippen molar-refractivity contribution < 1.29 is 14.4 Å². The quantitative estimate of drug-likeness (QED) is 0.765. The molecule has 3 fully saturated rings. The van der Waals surface area contributed by atoms with E-state index in [2.05, 4.69) is 4.90 Å². The highest BCUT2D eigenvalue weighted by Gasteiger charge is 2.44. The molecular formula is C21H27N3O3. The molecule has 3 heterocycles. The van der Waals surface area contributed by atoms with Crippen LogP contribution in [0.3, 0.4) is 0 Å². The molecule has 1 aromatic carbocycles. The molecule has 6 nitrogen and oxygen atoms in total. The number of carbonyl (C=O) groups is 3. The van der Waals surface area contributed by atoms with E-state index in [-0.39, 0.29) is 36.1 Å². The van der Waals surface area contributed by atoms with Crippen molar-refractivity contribution in [2.45, 2.75) is 44.6 Å². The summed E-state index contributed by atoms with van der Waals surface area (Å²) in [6.45, 7) is 3.19. The van der Waals surface area contributed by atoms with Gasteiger partial charge in [0.2, 0.25) is 11.8 Å². The average molecular weight is 369 g/mol. The summed E-state index contributed by atoms with van der Waals surface area (Å²) in [4.78, 5) is 43.4. The Balaban J connectivity index is 1.36. The third-order valence-electron chi connectivity index (χ3n) is 6.12. The lowest BCUT2D eigenvalue weighted by Crippen LogP contribution is -2.49. The number of benzene rings is 1. The molecule has 3 saturated heterocycles. The van der Waals surface area contributed by atoms with Crippen LogP contribution in [0.5, 0.6) is 0 Å². The van der Waals surface area contributed by atoms with Crippen molar-refractivity contribution in [3.63, 3.8) is 0 Å². The highest BCUT2D eigenvalue weighted by Crippen LogP contribution is 2.29. The van der Waals surface area contributed by atoms with Crippen LogP contribution in [0.2, 0.25) is 0 Å². The van der Waals surface area contributed by atoms with Crippen molar-refractivity contribution in [2.75, 3.05) is 31.1 Å². The van der Waals surface area contributed by atoms with Gasteiger partial charge in [-0.1, -0.05) is 18.2 Å². The number of likely N-dealkylation sites (tertiary alicyclic amines) is 2. The fraction of sp³-hybridized carbons (Fsp3) is 0.571. The molecular weight excluding hydrogens is 342 g/mol. The van der Waals surface area contributed by atoms with E-state index in [0.717, 1.165) is 38.8 Å². The Labute approximate surface area is 160 Å². The van der Waals surface area contributed by atoms with Gasteiger partial charge in [0, 0.05) is 19.0 Å². The van der Waals surface area contributed by atoms with E-state index in [9.17, 15) is 14.4 Å². The normalized spacial score (nSPS) is 25.3. The van der Waals surface area contributed by atoms with Crippen molar-refractivity contribution >= 4 is 23.4 Å². The van der Waals surface area contributed by atoms with Crippen LogP contribution in [0.25, 0.3) is 0 Å². The van der Waals surface area contributed by atoms with E-state index in [4.69, 9.17) is 0 Å². The lowest BCUT2D eigenvalue weighted by molar-refractivity contribution is -0.138. The van der Waals surface area contributed by atoms with Gasteiger partial charge in [-0.25, -0.2) is 4.90 Å². The Morgan fingerprint density at radius 3 is 2.22 bits per heavy atom. The topological polar surface area (TPSA) is 60.9 Å². The molecule has 0 bridgehead atoms. The lowest BCUT2D eigenvalue weighted by atomic mass is 9.93. The lowest BCUT2D eigenvalue weighted by Gasteiger charge is -2.37. The highest BCUT2D eigenvalue weighted by molar-refractivity contribution is 6.22. The summed E-state index contributed by atoms with van der Waals surface area (Å²) < 4.78 is 0. The number of hydrogen-bond acceptors (Lipinski definition) is 4. The smallest absolute Gasteiger partial charge is 0.251 e. The van der Waals surface area contributed by atoms with Crippen LogP contribution in [-0.4, -0.2) is 59.7 Å². The Morgan fingerprint density at radius 2 is 1.56 bits per heavy atom. The molecule has 3 amide bonds. The van der Waals surface area contributed by atoms with Gasteiger partial charge < -0.3 is 4.90 Å². The van der Waals surface area contributed by atoms with Crippen molar-refractivity contribution in [3.8, 4) is 0 Å². The summed E-state index contributed by atoms with van der Waals surface area (Å²) in [6, 6.07) is 8.74. The zero-order valence-corrected chi connectivity index (χ0v) is 15.7. The van der Waals surface area contributed by atoms with Gasteiger partial charge in [0.1, 0.15) is 0 Å². The Kier molecular flexibility index (Phi) is 5.25. The van der Waals surface area contributed by atoms with Gasteiger partial charge in [-0.3, -0.25) is 19.3 Å². The number of imide groups is 1. The number of carbonyl (C=O) groups excluding carboxylic acids is 3. The summed E-state index contributed by atoms with van der Waals surface area (Å²) in [5.41, 5.74) is 0.644. The molecule has 4 rings (SSSR count). The van der Waals surface area contributed by atoms with Crippen LogP contribution in [0.4, 0.5) is 5.69 Å². The van der Waals surface area contributed by atoms with Gasteiger partial charge in [0.05, 0.1) is 18.2 Å². The van der Waals surface area contributed by atoms with E-state index in [1.807, 2.05) is 23.1 Å². The SMILES string of the molecule is O=C(C1CCN([C@H]2CC(=O)N(c3ccccc3)C2=O)CC1)N1CCCCC1. The molecule has 6 heteroatoms. The largest absolute Gasteiger partial charge is 0.342 e. The molecule has 0 N–H and O–H groups in total. The van der Waals surface area contributed by atoms with Crippen LogP contribution in [0, 0.1) is 5.92 Å². The Bertz CT molecular complexity index is 707. The fourth-order valence-corrected chi connectivity index (χ4v) is 4.58. The van der Waals surface area contributed by atoms with Gasteiger partial charge in [-0.15, -0.1) is 0 Å². The maximum atomic E-state index is 12.9. The summed E-state index contributed by atoms with van der Waals surface area (Å²) in [5, 5.41) is 0. The number of para-hydroxylation sites is 1. The first-order valence-electron chi connectivity index (χ1n) is 10.1. The second kappa shape index (κ2) is 7.80. The van der Waals surface area contributed by atoms with Gasteiger partial charge in [-0.2, -0.15) is 0 Å². The van der Waals surface area contributed by atoms with Gasteiger partial charge in [0.25, 0.3) is 5.91 Å². The van der Waals surface area contributed by atoms with Crippen LogP contribution < -0.4 is 4.90 Å². The maximum Gasteiger partial charge on any atom is 0.251 e. The third-order valence-corrected chi connectivity index (χ3v) is 6.12. The molecule has 1 aromatic rings. The van der Waals surface area contributed by atoms with Gasteiger partial charge in [-0.05, 0) is 57.3 Å². The molecule has 0 saturated carbocycles. The first-order chi connectivity index (χ1) is 13.1. The fourth-order valence-electron chi connectivity index (χ4n) is 4.58. The standard InChI is InChI=1S/C21H27N3O3/c25-19-15-18(21(27)24(19)17-7-3-1-4-8-17)22-13-9-16(10-14-22)20(26)23-11-5-2-6-12-23/h1,3-4,7-8,16,18H,2,5-6,9-15H2/t18-/m0/s1. The van der Waals surface area contributed by atoms with Crippen LogP contribution in [0.1, 0.15) is 38.5 Å². The molecule has 0 spiro atoms. The average Bonchev–Trinajstić information content (AvgIpc) is 3.03. The van der Waals surface area contributed by atoms with Crippen LogP contribution in [-0.2, 0) is 14.4 Å². The minimum Gasteiger partial charge on any atom is -0.342 e. The monoisotopic (exact) mass is 369 g/mol. The predicted molar refractivity (Wildman–Crippen MR) is 102 cm³/mol. The van der Waals surface area contributed by atoms with Crippen molar-refractivity contribution in [1.29, 1.82) is 0 Å². The molecule has 144 valence electrons. The second-order valence-corrected chi connectivity index (χ2v) is 7.82. The molecule has 3 aliphatic heterocycles. The molecule has 0 unspecified atom stereocenters. The second-order valence-electron chi connectivity index (χ2n) is 7.82. The number of rotatable bonds is 3. The summed E-state index contributed by atoms with van der Waals surface area (Å²) in [7, 11) is 0. The van der Waals surface area contributed by atoms with Gasteiger partial charge >= 0.3 is 0 Å². The minimum atomic E-state index is -0.385. The van der Waals surface area contributed by atoms with E-state index in [0.29, 0.717) is 18.8 Å². The zero-order valence-electron chi connectivity index (χ0n) is 15.7. The number of amides is 3. The van der Waals surface area contributed by atoms with Crippen molar-refractivity contribution in [2.24, 2.45) is 5.92 Å². The molecule has 3 aliphatic rings. The van der Waals surface area contributed by atoms with E-state index in [1.165, 1.54) is 11.3 Å². The van der Waals surface area contributed by atoms with Crippen molar-refractivity contribution in [1.82, 2.24) is 9.80 Å². The van der Waals surface area contributed by atoms with Crippen molar-refractivity contribution in [3.05, 3.63) is 30.3 Å². The maximum absolute atomic E-state index is 12.9. The Morgan fingerprint density at radius 1 is 0.889 bits per heavy atom. The molecule has 27 heavy (non-hydrogen) atoms. The highest BCUT2D eigenvalue weighted by atomic mass is 16.2. The number of anilines is 1.